The van der Waals surface area contributed by atoms with Crippen LogP contribution < -0.4 is 5.32 Å². The van der Waals surface area contributed by atoms with Crippen molar-refractivity contribution in [1.29, 1.82) is 0 Å². The van der Waals surface area contributed by atoms with Gasteiger partial charge >= 0.3 is 0 Å². The van der Waals surface area contributed by atoms with E-state index in [4.69, 9.17) is 0 Å². The Morgan fingerprint density at radius 3 is 3.05 bits per heavy atom. The molecule has 1 atom stereocenters. The number of benzene rings is 1. The highest BCUT2D eigenvalue weighted by Crippen LogP contribution is 2.27. The van der Waals surface area contributed by atoms with Crippen LogP contribution in [0.3, 0.4) is 0 Å². The molecule has 1 aliphatic rings. The summed E-state index contributed by atoms with van der Waals surface area (Å²) in [6.45, 7) is 0.380. The number of rotatable bonds is 3. The van der Waals surface area contributed by atoms with E-state index in [1.807, 2.05) is 0 Å². The maximum atomic E-state index is 13.1. The molecule has 4 nitrogen and oxygen atoms in total. The molecule has 1 saturated heterocycles. The van der Waals surface area contributed by atoms with Gasteiger partial charge in [0, 0.05) is 6.54 Å². The minimum atomic E-state index is -2.94. The van der Waals surface area contributed by atoms with E-state index in [2.05, 4.69) is 10.3 Å². The highest BCUT2D eigenvalue weighted by molar-refractivity contribution is 7.92. The number of aromatic nitrogens is 1. The number of fused-ring (bicyclic) bond motifs is 1. The van der Waals surface area contributed by atoms with Crippen LogP contribution in [0.15, 0.2) is 18.2 Å². The minimum absolute atomic E-state index is 0.282. The fraction of sp³-hybridized carbons (Fsp3) is 0.417. The van der Waals surface area contributed by atoms with Gasteiger partial charge in [-0.25, -0.2) is 17.8 Å². The third-order valence-electron chi connectivity index (χ3n) is 3.29. The van der Waals surface area contributed by atoms with Crippen molar-refractivity contribution in [3.05, 3.63) is 24.0 Å². The Hall–Kier alpha value is -1.21. The standard InChI is InChI=1S/C12H13FN2O2S2/c13-8-3-4-10-11(6-8)18-12(15-10)14-7-9-2-1-5-19(9,16)17/h3-4,6,9H,1-2,5,7H2,(H,14,15). The zero-order valence-electron chi connectivity index (χ0n) is 10.1. The van der Waals surface area contributed by atoms with E-state index < -0.39 is 9.84 Å². The summed E-state index contributed by atoms with van der Waals surface area (Å²) in [5.41, 5.74) is 0.725. The molecule has 1 aromatic heterocycles. The van der Waals surface area contributed by atoms with Crippen LogP contribution in [0.25, 0.3) is 10.2 Å². The van der Waals surface area contributed by atoms with Crippen LogP contribution in [0, 0.1) is 5.82 Å². The molecule has 0 bridgehead atoms. The first-order valence-corrected chi connectivity index (χ1v) is 8.59. The van der Waals surface area contributed by atoms with Crippen molar-refractivity contribution in [2.75, 3.05) is 17.6 Å². The van der Waals surface area contributed by atoms with Gasteiger partial charge in [0.15, 0.2) is 15.0 Å². The molecule has 7 heteroatoms. The number of anilines is 1. The molecular formula is C12H13FN2O2S2. The predicted molar refractivity (Wildman–Crippen MR) is 74.9 cm³/mol. The molecule has 1 fully saturated rings. The summed E-state index contributed by atoms with van der Waals surface area (Å²) in [5, 5.41) is 3.38. The Morgan fingerprint density at radius 2 is 2.32 bits per heavy atom. The normalized spacial score (nSPS) is 21.8. The lowest BCUT2D eigenvalue weighted by molar-refractivity contribution is 0.591. The summed E-state index contributed by atoms with van der Waals surface area (Å²) in [6, 6.07) is 4.43. The Kier molecular flexibility index (Phi) is 3.18. The molecule has 0 amide bonds. The predicted octanol–water partition coefficient (Wildman–Crippen LogP) is 2.42. The van der Waals surface area contributed by atoms with Crippen molar-refractivity contribution in [2.45, 2.75) is 18.1 Å². The molecule has 3 rings (SSSR count). The summed E-state index contributed by atoms with van der Waals surface area (Å²) < 4.78 is 37.2. The van der Waals surface area contributed by atoms with Gasteiger partial charge in [-0.3, -0.25) is 0 Å². The molecule has 0 radical (unpaired) electrons. The number of sulfone groups is 1. The lowest BCUT2D eigenvalue weighted by Gasteiger charge is -2.09. The van der Waals surface area contributed by atoms with Gasteiger partial charge in [0.2, 0.25) is 0 Å². The van der Waals surface area contributed by atoms with E-state index in [1.54, 1.807) is 6.07 Å². The summed E-state index contributed by atoms with van der Waals surface area (Å²) in [5.74, 6) is -0.00853. The summed E-state index contributed by atoms with van der Waals surface area (Å²) in [7, 11) is -2.94. The fourth-order valence-corrected chi connectivity index (χ4v) is 4.93. The first kappa shape index (κ1) is 12.8. The molecule has 1 aliphatic heterocycles. The van der Waals surface area contributed by atoms with Crippen LogP contribution in [0.4, 0.5) is 9.52 Å². The van der Waals surface area contributed by atoms with Crippen molar-refractivity contribution >= 4 is 36.5 Å². The van der Waals surface area contributed by atoms with Gasteiger partial charge in [-0.05, 0) is 31.0 Å². The molecule has 2 heterocycles. The second-order valence-corrected chi connectivity index (χ2v) is 8.07. The molecule has 0 saturated carbocycles. The van der Waals surface area contributed by atoms with Gasteiger partial charge in [0.05, 0.1) is 21.2 Å². The SMILES string of the molecule is O=S1(=O)CCCC1CNc1nc2ccc(F)cc2s1. The van der Waals surface area contributed by atoms with E-state index in [1.165, 1.54) is 23.5 Å². The second-order valence-electron chi connectivity index (χ2n) is 4.64. The van der Waals surface area contributed by atoms with E-state index in [0.29, 0.717) is 18.1 Å². The lowest BCUT2D eigenvalue weighted by atomic mass is 10.2. The van der Waals surface area contributed by atoms with Crippen molar-refractivity contribution in [1.82, 2.24) is 4.98 Å². The maximum absolute atomic E-state index is 13.1. The van der Waals surface area contributed by atoms with Crippen LogP contribution in [0.2, 0.25) is 0 Å². The molecule has 0 aliphatic carbocycles. The fourth-order valence-electron chi connectivity index (χ4n) is 2.26. The molecule has 0 spiro atoms. The summed E-state index contributed by atoms with van der Waals surface area (Å²) in [4.78, 5) is 4.31. The highest BCUT2D eigenvalue weighted by Gasteiger charge is 2.30. The number of thiazole rings is 1. The lowest BCUT2D eigenvalue weighted by Crippen LogP contribution is -2.24. The van der Waals surface area contributed by atoms with Gasteiger partial charge in [0.25, 0.3) is 0 Å². The van der Waals surface area contributed by atoms with Crippen molar-refractivity contribution in [3.63, 3.8) is 0 Å². The molecule has 1 aromatic carbocycles. The summed E-state index contributed by atoms with van der Waals surface area (Å²) >= 11 is 1.34. The summed E-state index contributed by atoms with van der Waals surface area (Å²) in [6.07, 6.45) is 1.44. The van der Waals surface area contributed by atoms with Crippen LogP contribution in [-0.4, -0.2) is 30.9 Å². The van der Waals surface area contributed by atoms with Crippen molar-refractivity contribution < 1.29 is 12.8 Å². The Morgan fingerprint density at radius 1 is 1.47 bits per heavy atom. The Labute approximate surface area is 114 Å². The van der Waals surface area contributed by atoms with Gasteiger partial charge in [-0.2, -0.15) is 0 Å². The van der Waals surface area contributed by atoms with E-state index in [-0.39, 0.29) is 16.8 Å². The molecule has 19 heavy (non-hydrogen) atoms. The monoisotopic (exact) mass is 300 g/mol. The zero-order valence-corrected chi connectivity index (χ0v) is 11.7. The van der Waals surface area contributed by atoms with Gasteiger partial charge < -0.3 is 5.32 Å². The van der Waals surface area contributed by atoms with Gasteiger partial charge in [-0.1, -0.05) is 11.3 Å². The zero-order chi connectivity index (χ0) is 13.5. The number of halogens is 1. The topological polar surface area (TPSA) is 59.1 Å². The highest BCUT2D eigenvalue weighted by atomic mass is 32.2. The Bertz CT molecular complexity index is 712. The van der Waals surface area contributed by atoms with E-state index in [9.17, 15) is 12.8 Å². The first-order chi connectivity index (χ1) is 9.04. The second kappa shape index (κ2) is 4.72. The Balaban J connectivity index is 1.75. The third-order valence-corrected chi connectivity index (χ3v) is 6.55. The first-order valence-electron chi connectivity index (χ1n) is 6.06. The average Bonchev–Trinajstić information content (AvgIpc) is 2.88. The number of hydrogen-bond donors (Lipinski definition) is 1. The van der Waals surface area contributed by atoms with Crippen LogP contribution in [0.5, 0.6) is 0 Å². The van der Waals surface area contributed by atoms with Gasteiger partial charge in [-0.15, -0.1) is 0 Å². The minimum Gasteiger partial charge on any atom is -0.360 e. The van der Waals surface area contributed by atoms with Crippen molar-refractivity contribution in [2.24, 2.45) is 0 Å². The number of nitrogens with one attached hydrogen (secondary N) is 1. The molecule has 2 aromatic rings. The molecule has 1 N–H and O–H groups in total. The molecule has 102 valence electrons. The molecule has 1 unspecified atom stereocenters. The smallest absolute Gasteiger partial charge is 0.183 e. The quantitative estimate of drug-likeness (QED) is 0.946. The maximum Gasteiger partial charge on any atom is 0.183 e. The molecular weight excluding hydrogens is 287 g/mol. The largest absolute Gasteiger partial charge is 0.360 e. The van der Waals surface area contributed by atoms with E-state index in [0.717, 1.165) is 16.6 Å². The van der Waals surface area contributed by atoms with E-state index >= 15 is 0 Å². The number of hydrogen-bond acceptors (Lipinski definition) is 5. The third kappa shape index (κ3) is 2.57. The van der Waals surface area contributed by atoms with Crippen molar-refractivity contribution in [3.8, 4) is 0 Å². The van der Waals surface area contributed by atoms with Gasteiger partial charge in [0.1, 0.15) is 5.82 Å². The number of nitrogens with zero attached hydrogens (tertiary/aromatic N) is 1. The average molecular weight is 300 g/mol. The van der Waals surface area contributed by atoms with Crippen LogP contribution in [0.1, 0.15) is 12.8 Å². The van der Waals surface area contributed by atoms with Crippen LogP contribution >= 0.6 is 11.3 Å². The van der Waals surface area contributed by atoms with Crippen LogP contribution in [-0.2, 0) is 9.84 Å².